The Bertz CT molecular complexity index is 692. The Labute approximate surface area is 142 Å². The normalized spacial score (nSPS) is 22.3. The highest BCUT2D eigenvalue weighted by Gasteiger charge is 2.52. The third-order valence-corrected chi connectivity index (χ3v) is 5.19. The number of unbranched alkanes of at least 4 members (excludes halogenated alkanes) is 1. The lowest BCUT2D eigenvalue weighted by Crippen LogP contribution is -2.62. The van der Waals surface area contributed by atoms with Crippen LogP contribution in [-0.4, -0.2) is 51.0 Å². The van der Waals surface area contributed by atoms with Crippen LogP contribution in [0.4, 0.5) is 0 Å². The molecule has 1 saturated carbocycles. The van der Waals surface area contributed by atoms with Crippen molar-refractivity contribution < 1.29 is 9.53 Å². The van der Waals surface area contributed by atoms with Gasteiger partial charge in [-0.2, -0.15) is 0 Å². The minimum Gasteiger partial charge on any atom is -0.378 e. The quantitative estimate of drug-likeness (QED) is 0.764. The zero-order valence-corrected chi connectivity index (χ0v) is 14.9. The molecular weight excluding hydrogens is 304 g/mol. The van der Waals surface area contributed by atoms with Crippen LogP contribution in [0, 0.1) is 5.41 Å². The Balaban J connectivity index is 1.68. The first-order chi connectivity index (χ1) is 11.4. The monoisotopic (exact) mass is 330 g/mol. The summed E-state index contributed by atoms with van der Waals surface area (Å²) in [6.07, 6.45) is 8.57. The molecule has 1 amide bonds. The molecule has 0 aromatic carbocycles. The van der Waals surface area contributed by atoms with Gasteiger partial charge in [0.1, 0.15) is 5.69 Å². The number of hydrogen-bond donors (Lipinski definition) is 0. The molecule has 130 valence electrons. The Kier molecular flexibility index (Phi) is 4.58. The molecule has 24 heavy (non-hydrogen) atoms. The summed E-state index contributed by atoms with van der Waals surface area (Å²) in [5.74, 6) is 0.480. The number of amides is 1. The SMILES string of the molecule is CCCCO[C@H]1C[C@@H](N(C)C(=O)c2cn3cccnc3n2)C1(C)C. The molecule has 2 aromatic rings. The van der Waals surface area contributed by atoms with Crippen LogP contribution in [0.3, 0.4) is 0 Å². The number of imidazole rings is 1. The van der Waals surface area contributed by atoms with E-state index in [1.54, 1.807) is 21.7 Å². The summed E-state index contributed by atoms with van der Waals surface area (Å²) in [6.45, 7) is 7.31. The fourth-order valence-electron chi connectivity index (χ4n) is 3.43. The van der Waals surface area contributed by atoms with Gasteiger partial charge in [0.15, 0.2) is 0 Å². The van der Waals surface area contributed by atoms with Crippen molar-refractivity contribution in [1.29, 1.82) is 0 Å². The fourth-order valence-corrected chi connectivity index (χ4v) is 3.43. The van der Waals surface area contributed by atoms with Crippen LogP contribution in [0.25, 0.3) is 5.78 Å². The summed E-state index contributed by atoms with van der Waals surface area (Å²) in [4.78, 5) is 23.1. The molecule has 0 spiro atoms. The maximum Gasteiger partial charge on any atom is 0.274 e. The molecule has 0 unspecified atom stereocenters. The van der Waals surface area contributed by atoms with Crippen molar-refractivity contribution in [3.8, 4) is 0 Å². The maximum atomic E-state index is 12.8. The maximum absolute atomic E-state index is 12.8. The van der Waals surface area contributed by atoms with Gasteiger partial charge in [-0.05, 0) is 18.9 Å². The summed E-state index contributed by atoms with van der Waals surface area (Å²) in [7, 11) is 1.86. The fraction of sp³-hybridized carbons (Fsp3) is 0.611. The molecule has 1 aliphatic rings. The van der Waals surface area contributed by atoms with Gasteiger partial charge in [-0.1, -0.05) is 27.2 Å². The molecule has 6 nitrogen and oxygen atoms in total. The number of ether oxygens (including phenoxy) is 1. The first-order valence-electron chi connectivity index (χ1n) is 8.63. The van der Waals surface area contributed by atoms with E-state index in [-0.39, 0.29) is 23.5 Å². The predicted octanol–water partition coefficient (Wildman–Crippen LogP) is 2.79. The summed E-state index contributed by atoms with van der Waals surface area (Å²) in [5.41, 5.74) is 0.387. The standard InChI is InChI=1S/C18H26N4O2/c1-5-6-10-24-15-11-14(18(15,2)3)21(4)16(23)13-12-22-9-7-8-19-17(22)20-13/h7-9,12,14-15H,5-6,10-11H2,1-4H3/t14-,15+/m1/s1. The van der Waals surface area contributed by atoms with E-state index in [1.165, 1.54) is 0 Å². The van der Waals surface area contributed by atoms with Gasteiger partial charge in [-0.25, -0.2) is 9.97 Å². The van der Waals surface area contributed by atoms with Gasteiger partial charge in [0.2, 0.25) is 5.78 Å². The van der Waals surface area contributed by atoms with E-state index in [0.717, 1.165) is 25.9 Å². The number of aromatic nitrogens is 3. The van der Waals surface area contributed by atoms with Gasteiger partial charge >= 0.3 is 0 Å². The minimum absolute atomic E-state index is 0.0461. The van der Waals surface area contributed by atoms with Crippen molar-refractivity contribution in [3.63, 3.8) is 0 Å². The van der Waals surface area contributed by atoms with Crippen LogP contribution >= 0.6 is 0 Å². The van der Waals surface area contributed by atoms with E-state index in [1.807, 2.05) is 19.3 Å². The molecule has 2 heterocycles. The smallest absolute Gasteiger partial charge is 0.274 e. The number of fused-ring (bicyclic) bond motifs is 1. The van der Waals surface area contributed by atoms with Crippen LogP contribution in [0.2, 0.25) is 0 Å². The van der Waals surface area contributed by atoms with Gasteiger partial charge in [0.05, 0.1) is 6.10 Å². The second-order valence-electron chi connectivity index (χ2n) is 7.16. The van der Waals surface area contributed by atoms with Crippen molar-refractivity contribution in [3.05, 3.63) is 30.4 Å². The summed E-state index contributed by atoms with van der Waals surface area (Å²) < 4.78 is 7.75. The minimum atomic E-state index is -0.0643. The highest BCUT2D eigenvalue weighted by Crippen LogP contribution is 2.45. The summed E-state index contributed by atoms with van der Waals surface area (Å²) in [6, 6.07) is 1.98. The lowest BCUT2D eigenvalue weighted by molar-refractivity contribution is -0.140. The molecule has 1 aliphatic carbocycles. The molecule has 6 heteroatoms. The number of hydrogen-bond acceptors (Lipinski definition) is 4. The highest BCUT2D eigenvalue weighted by atomic mass is 16.5. The first kappa shape index (κ1) is 16.9. The van der Waals surface area contributed by atoms with Crippen LogP contribution in [0.5, 0.6) is 0 Å². The van der Waals surface area contributed by atoms with Crippen molar-refractivity contribution >= 4 is 11.7 Å². The van der Waals surface area contributed by atoms with Gasteiger partial charge in [0.25, 0.3) is 5.91 Å². The highest BCUT2D eigenvalue weighted by molar-refractivity contribution is 5.93. The van der Waals surface area contributed by atoms with Gasteiger partial charge in [-0.15, -0.1) is 0 Å². The van der Waals surface area contributed by atoms with E-state index in [2.05, 4.69) is 30.7 Å². The average molecular weight is 330 g/mol. The Morgan fingerprint density at radius 3 is 2.96 bits per heavy atom. The second kappa shape index (κ2) is 6.51. The van der Waals surface area contributed by atoms with Crippen LogP contribution in [0.15, 0.2) is 24.7 Å². The van der Waals surface area contributed by atoms with Gasteiger partial charge in [0, 0.05) is 43.7 Å². The second-order valence-corrected chi connectivity index (χ2v) is 7.16. The Hall–Kier alpha value is -1.95. The lowest BCUT2D eigenvalue weighted by atomic mass is 9.63. The Morgan fingerprint density at radius 2 is 2.29 bits per heavy atom. The molecule has 0 saturated heterocycles. The molecule has 2 aromatic heterocycles. The molecule has 0 radical (unpaired) electrons. The van der Waals surface area contributed by atoms with Gasteiger partial charge in [-0.3, -0.25) is 9.20 Å². The average Bonchev–Trinajstić information content (AvgIpc) is 3.00. The molecular formula is C18H26N4O2. The van der Waals surface area contributed by atoms with E-state index < -0.39 is 0 Å². The molecule has 0 bridgehead atoms. The zero-order chi connectivity index (χ0) is 17.3. The van der Waals surface area contributed by atoms with E-state index >= 15 is 0 Å². The number of rotatable bonds is 6. The lowest BCUT2D eigenvalue weighted by Gasteiger charge is -2.54. The first-order valence-corrected chi connectivity index (χ1v) is 8.63. The van der Waals surface area contributed by atoms with E-state index in [0.29, 0.717) is 11.5 Å². The van der Waals surface area contributed by atoms with E-state index in [9.17, 15) is 4.79 Å². The molecule has 2 atom stereocenters. The van der Waals surface area contributed by atoms with Gasteiger partial charge < -0.3 is 9.64 Å². The van der Waals surface area contributed by atoms with Crippen molar-refractivity contribution in [1.82, 2.24) is 19.3 Å². The number of carbonyl (C=O) groups is 1. The van der Waals surface area contributed by atoms with Crippen molar-refractivity contribution in [2.24, 2.45) is 5.41 Å². The van der Waals surface area contributed by atoms with Crippen LogP contribution in [-0.2, 0) is 4.74 Å². The van der Waals surface area contributed by atoms with Crippen molar-refractivity contribution in [2.45, 2.75) is 52.2 Å². The summed E-state index contributed by atoms with van der Waals surface area (Å²) in [5, 5.41) is 0. The molecule has 3 rings (SSSR count). The molecule has 1 fully saturated rings. The van der Waals surface area contributed by atoms with E-state index in [4.69, 9.17) is 4.74 Å². The predicted molar refractivity (Wildman–Crippen MR) is 91.9 cm³/mol. The topological polar surface area (TPSA) is 59.7 Å². The third kappa shape index (κ3) is 2.90. The van der Waals surface area contributed by atoms with Crippen LogP contribution < -0.4 is 0 Å². The molecule has 0 aliphatic heterocycles. The number of nitrogens with zero attached hydrogens (tertiary/aromatic N) is 4. The Morgan fingerprint density at radius 1 is 1.50 bits per heavy atom. The summed E-state index contributed by atoms with van der Waals surface area (Å²) >= 11 is 0. The van der Waals surface area contributed by atoms with Crippen molar-refractivity contribution in [2.75, 3.05) is 13.7 Å². The zero-order valence-electron chi connectivity index (χ0n) is 14.9. The largest absolute Gasteiger partial charge is 0.378 e. The number of carbonyl (C=O) groups excluding carboxylic acids is 1. The third-order valence-electron chi connectivity index (χ3n) is 5.19. The van der Waals surface area contributed by atoms with Crippen LogP contribution in [0.1, 0.15) is 50.5 Å². The molecule has 0 N–H and O–H groups in total.